The Bertz CT molecular complexity index is 1180. The van der Waals surface area contributed by atoms with Crippen molar-refractivity contribution in [3.8, 4) is 11.6 Å². The molecule has 0 aliphatic carbocycles. The summed E-state index contributed by atoms with van der Waals surface area (Å²) in [6.07, 6.45) is 4.38. The predicted octanol–water partition coefficient (Wildman–Crippen LogP) is 3.83. The van der Waals surface area contributed by atoms with Gasteiger partial charge in [0.1, 0.15) is 0 Å². The van der Waals surface area contributed by atoms with Crippen molar-refractivity contribution in [3.63, 3.8) is 0 Å². The number of nitrogens with one attached hydrogen (secondary N) is 2. The minimum absolute atomic E-state index is 0.0843. The summed E-state index contributed by atoms with van der Waals surface area (Å²) in [5, 5.41) is 1.21. The van der Waals surface area contributed by atoms with Gasteiger partial charge in [-0.15, -0.1) is 0 Å². The molecule has 4 heterocycles. The van der Waals surface area contributed by atoms with Crippen LogP contribution in [-0.2, 0) is 19.5 Å². The van der Waals surface area contributed by atoms with Gasteiger partial charge in [-0.2, -0.15) is 0 Å². The maximum Gasteiger partial charge on any atom is 0.256 e. The van der Waals surface area contributed by atoms with Crippen molar-refractivity contribution in [1.29, 1.82) is 0 Å². The summed E-state index contributed by atoms with van der Waals surface area (Å²) >= 11 is 3.50. The number of fused-ring (bicyclic) bond motifs is 2. The number of halogens is 1. The maximum absolute atomic E-state index is 12.6. The summed E-state index contributed by atoms with van der Waals surface area (Å²) in [5.41, 5.74) is 3.87. The summed E-state index contributed by atoms with van der Waals surface area (Å²) in [4.78, 5) is 25.7. The van der Waals surface area contributed by atoms with Crippen molar-refractivity contribution >= 4 is 26.8 Å². The van der Waals surface area contributed by atoms with E-state index in [0.717, 1.165) is 40.8 Å². The van der Waals surface area contributed by atoms with Crippen LogP contribution in [0.4, 0.5) is 0 Å². The molecule has 1 aliphatic rings. The van der Waals surface area contributed by atoms with Gasteiger partial charge in [0.25, 0.3) is 5.56 Å². The highest BCUT2D eigenvalue weighted by molar-refractivity contribution is 9.10. The fourth-order valence-electron chi connectivity index (χ4n) is 3.68. The Morgan fingerprint density at radius 3 is 3.07 bits per heavy atom. The van der Waals surface area contributed by atoms with Gasteiger partial charge >= 0.3 is 0 Å². The summed E-state index contributed by atoms with van der Waals surface area (Å²) in [6.45, 7) is 2.25. The SMILES string of the molecule is O=c1[nH]c(-c2ccco2)nc2c1CN(Cc1c[nH]c3cc(Br)ccc13)CC2. The van der Waals surface area contributed by atoms with Gasteiger partial charge in [-0.1, -0.05) is 22.0 Å². The first kappa shape index (κ1) is 16.5. The number of hydrogen-bond acceptors (Lipinski definition) is 4. The molecule has 6 nitrogen and oxygen atoms in total. The van der Waals surface area contributed by atoms with Crippen LogP contribution in [0.3, 0.4) is 0 Å². The van der Waals surface area contributed by atoms with Gasteiger partial charge in [0.05, 0.1) is 17.5 Å². The Balaban J connectivity index is 1.41. The molecule has 136 valence electrons. The quantitative estimate of drug-likeness (QED) is 0.523. The van der Waals surface area contributed by atoms with E-state index >= 15 is 0 Å². The van der Waals surface area contributed by atoms with E-state index in [0.29, 0.717) is 18.1 Å². The number of rotatable bonds is 3. The third kappa shape index (κ3) is 3.02. The molecule has 27 heavy (non-hydrogen) atoms. The largest absolute Gasteiger partial charge is 0.461 e. The van der Waals surface area contributed by atoms with Crippen LogP contribution in [0, 0.1) is 0 Å². The lowest BCUT2D eigenvalue weighted by molar-refractivity contribution is 0.242. The van der Waals surface area contributed by atoms with Gasteiger partial charge in [0.15, 0.2) is 11.6 Å². The fraction of sp³-hybridized carbons (Fsp3) is 0.200. The molecule has 0 unspecified atom stereocenters. The molecule has 0 spiro atoms. The van der Waals surface area contributed by atoms with Crippen LogP contribution in [-0.4, -0.2) is 26.4 Å². The van der Waals surface area contributed by atoms with Gasteiger partial charge in [0, 0.05) is 47.6 Å². The van der Waals surface area contributed by atoms with Crippen LogP contribution >= 0.6 is 15.9 Å². The van der Waals surface area contributed by atoms with E-state index in [1.54, 1.807) is 18.4 Å². The minimum Gasteiger partial charge on any atom is -0.461 e. The van der Waals surface area contributed by atoms with Crippen LogP contribution in [0.5, 0.6) is 0 Å². The minimum atomic E-state index is -0.0843. The normalized spacial score (nSPS) is 14.6. The summed E-state index contributed by atoms with van der Waals surface area (Å²) in [5.74, 6) is 1.08. The molecule has 0 amide bonds. The standard InChI is InChI=1S/C20H17BrN4O2/c21-13-3-4-14-12(9-22-17(14)8-13)10-25-6-5-16-15(11-25)20(26)24-19(23-16)18-2-1-7-27-18/h1-4,7-9,22H,5-6,10-11H2,(H,23,24,26). The number of hydrogen-bond donors (Lipinski definition) is 2. The molecule has 5 rings (SSSR count). The molecule has 0 bridgehead atoms. The van der Waals surface area contributed by atoms with Crippen molar-refractivity contribution in [1.82, 2.24) is 19.9 Å². The lowest BCUT2D eigenvalue weighted by Crippen LogP contribution is -2.35. The average molecular weight is 425 g/mol. The second kappa shape index (κ2) is 6.51. The van der Waals surface area contributed by atoms with Gasteiger partial charge in [-0.25, -0.2) is 4.98 Å². The van der Waals surface area contributed by atoms with Gasteiger partial charge in [0.2, 0.25) is 0 Å². The molecule has 0 fully saturated rings. The third-order valence-corrected chi connectivity index (χ3v) is 5.52. The lowest BCUT2D eigenvalue weighted by Gasteiger charge is -2.27. The van der Waals surface area contributed by atoms with Crippen LogP contribution in [0.1, 0.15) is 16.8 Å². The predicted molar refractivity (Wildman–Crippen MR) is 106 cm³/mol. The molecular formula is C20H17BrN4O2. The molecule has 4 aromatic rings. The number of furan rings is 1. The van der Waals surface area contributed by atoms with Crippen molar-refractivity contribution in [2.45, 2.75) is 19.5 Å². The van der Waals surface area contributed by atoms with Crippen molar-refractivity contribution in [2.24, 2.45) is 0 Å². The van der Waals surface area contributed by atoms with Crippen LogP contribution in [0.2, 0.25) is 0 Å². The number of aromatic nitrogens is 3. The average Bonchev–Trinajstić information content (AvgIpc) is 3.32. The Morgan fingerprint density at radius 2 is 2.22 bits per heavy atom. The van der Waals surface area contributed by atoms with Gasteiger partial charge < -0.3 is 14.4 Å². The van der Waals surface area contributed by atoms with Gasteiger partial charge in [-0.05, 0) is 29.8 Å². The molecule has 0 saturated carbocycles. The highest BCUT2D eigenvalue weighted by atomic mass is 79.9. The van der Waals surface area contributed by atoms with Crippen LogP contribution in [0.25, 0.3) is 22.5 Å². The zero-order valence-electron chi connectivity index (χ0n) is 14.5. The Labute approximate surface area is 163 Å². The van der Waals surface area contributed by atoms with E-state index < -0.39 is 0 Å². The van der Waals surface area contributed by atoms with Crippen molar-refractivity contribution in [3.05, 3.63) is 74.4 Å². The molecule has 1 aromatic carbocycles. The molecule has 0 saturated heterocycles. The smallest absolute Gasteiger partial charge is 0.256 e. The number of benzene rings is 1. The summed E-state index contributed by atoms with van der Waals surface area (Å²) in [6, 6.07) is 9.84. The Hall–Kier alpha value is -2.64. The van der Waals surface area contributed by atoms with Crippen LogP contribution < -0.4 is 5.56 Å². The number of aromatic amines is 2. The second-order valence-corrected chi connectivity index (χ2v) is 7.70. The first-order chi connectivity index (χ1) is 13.2. The molecule has 0 radical (unpaired) electrons. The lowest BCUT2D eigenvalue weighted by atomic mass is 10.1. The van der Waals surface area contributed by atoms with E-state index in [-0.39, 0.29) is 5.56 Å². The zero-order valence-corrected chi connectivity index (χ0v) is 16.0. The molecule has 7 heteroatoms. The van der Waals surface area contributed by atoms with Gasteiger partial charge in [-0.3, -0.25) is 9.69 Å². The van der Waals surface area contributed by atoms with E-state index in [9.17, 15) is 4.79 Å². The molecule has 3 aromatic heterocycles. The Morgan fingerprint density at radius 1 is 1.30 bits per heavy atom. The van der Waals surface area contributed by atoms with Crippen molar-refractivity contribution in [2.75, 3.05) is 6.54 Å². The third-order valence-electron chi connectivity index (χ3n) is 5.03. The first-order valence-electron chi connectivity index (χ1n) is 8.81. The van der Waals surface area contributed by atoms with E-state index in [4.69, 9.17) is 4.42 Å². The Kier molecular flexibility index (Phi) is 3.98. The molecular weight excluding hydrogens is 408 g/mol. The summed E-state index contributed by atoms with van der Waals surface area (Å²) in [7, 11) is 0. The zero-order chi connectivity index (χ0) is 18.4. The fourth-order valence-corrected chi connectivity index (χ4v) is 4.04. The monoisotopic (exact) mass is 424 g/mol. The summed E-state index contributed by atoms with van der Waals surface area (Å²) < 4.78 is 6.41. The topological polar surface area (TPSA) is 77.9 Å². The van der Waals surface area contributed by atoms with E-state index in [2.05, 4.69) is 60.2 Å². The van der Waals surface area contributed by atoms with E-state index in [1.807, 2.05) is 0 Å². The first-order valence-corrected chi connectivity index (χ1v) is 9.60. The second-order valence-electron chi connectivity index (χ2n) is 6.78. The molecule has 1 aliphatic heterocycles. The highest BCUT2D eigenvalue weighted by Crippen LogP contribution is 2.25. The highest BCUT2D eigenvalue weighted by Gasteiger charge is 2.22. The number of nitrogens with zero attached hydrogens (tertiary/aromatic N) is 2. The van der Waals surface area contributed by atoms with Crippen molar-refractivity contribution < 1.29 is 4.42 Å². The molecule has 0 atom stereocenters. The number of H-pyrrole nitrogens is 2. The van der Waals surface area contributed by atoms with E-state index in [1.165, 1.54) is 10.9 Å². The molecule has 2 N–H and O–H groups in total. The maximum atomic E-state index is 12.6. The van der Waals surface area contributed by atoms with Crippen LogP contribution in [0.15, 0.2) is 56.5 Å².